The summed E-state index contributed by atoms with van der Waals surface area (Å²) in [6.07, 6.45) is 4.40. The van der Waals surface area contributed by atoms with Crippen molar-refractivity contribution in [2.75, 3.05) is 18.9 Å². The summed E-state index contributed by atoms with van der Waals surface area (Å²) in [5.74, 6) is 1.14. The van der Waals surface area contributed by atoms with Gasteiger partial charge < -0.3 is 10.4 Å². The molecule has 19 heavy (non-hydrogen) atoms. The molecule has 0 heterocycles. The Hall–Kier alpha value is -0.510. The van der Waals surface area contributed by atoms with E-state index in [-0.39, 0.29) is 0 Å². The van der Waals surface area contributed by atoms with Gasteiger partial charge in [-0.2, -0.15) is 0 Å². The van der Waals surface area contributed by atoms with E-state index in [1.54, 1.807) is 0 Å². The molecule has 0 saturated carbocycles. The lowest BCUT2D eigenvalue weighted by Crippen LogP contribution is -2.19. The van der Waals surface area contributed by atoms with Gasteiger partial charge in [-0.15, -0.1) is 11.8 Å². The molecule has 1 aromatic rings. The van der Waals surface area contributed by atoms with Crippen molar-refractivity contribution in [2.45, 2.75) is 50.5 Å². The summed E-state index contributed by atoms with van der Waals surface area (Å²) < 4.78 is 0. The van der Waals surface area contributed by atoms with E-state index in [9.17, 15) is 0 Å². The second-order valence-corrected chi connectivity index (χ2v) is 6.05. The molecule has 2 N–H and O–H groups in total. The molecule has 1 aromatic carbocycles. The van der Waals surface area contributed by atoms with Crippen LogP contribution < -0.4 is 5.32 Å². The number of thioether (sulfide) groups is 1. The number of aliphatic hydroxyl groups is 1. The van der Waals surface area contributed by atoms with E-state index in [4.69, 9.17) is 5.11 Å². The Morgan fingerprint density at radius 3 is 2.84 bits per heavy atom. The van der Waals surface area contributed by atoms with Gasteiger partial charge in [0.2, 0.25) is 0 Å². The highest BCUT2D eigenvalue weighted by Gasteiger charge is 2.04. The van der Waals surface area contributed by atoms with Gasteiger partial charge in [0, 0.05) is 17.5 Å². The lowest BCUT2D eigenvalue weighted by atomic mass is 10.1. The Labute approximate surface area is 122 Å². The third-order valence-corrected chi connectivity index (χ3v) is 4.21. The third-order valence-electron chi connectivity index (χ3n) is 3.13. The van der Waals surface area contributed by atoms with E-state index in [0.29, 0.717) is 12.6 Å². The summed E-state index contributed by atoms with van der Waals surface area (Å²) >= 11 is 1.92. The van der Waals surface area contributed by atoms with E-state index in [0.717, 1.165) is 25.1 Å². The van der Waals surface area contributed by atoms with Crippen LogP contribution in [0.25, 0.3) is 0 Å². The number of hydrogen-bond acceptors (Lipinski definition) is 3. The van der Waals surface area contributed by atoms with Crippen LogP contribution in [-0.2, 0) is 0 Å². The molecule has 1 rings (SSSR count). The van der Waals surface area contributed by atoms with Crippen LogP contribution in [0.1, 0.15) is 51.1 Å². The molecular formula is C16H27NOS. The van der Waals surface area contributed by atoms with E-state index in [1.807, 2.05) is 11.8 Å². The van der Waals surface area contributed by atoms with Crippen molar-refractivity contribution in [3.8, 4) is 0 Å². The Balaban J connectivity index is 2.38. The maximum Gasteiger partial charge on any atom is 0.0431 e. The molecule has 0 aliphatic carbocycles. The summed E-state index contributed by atoms with van der Waals surface area (Å²) in [6, 6.07) is 9.25. The zero-order valence-electron chi connectivity index (χ0n) is 12.2. The van der Waals surface area contributed by atoms with Crippen molar-refractivity contribution in [3.05, 3.63) is 29.8 Å². The Morgan fingerprint density at radius 1 is 1.26 bits per heavy atom. The molecule has 0 aliphatic heterocycles. The fourth-order valence-electron chi connectivity index (χ4n) is 1.93. The van der Waals surface area contributed by atoms with E-state index in [2.05, 4.69) is 43.4 Å². The fraction of sp³-hybridized carbons (Fsp3) is 0.625. The molecule has 2 nitrogen and oxygen atoms in total. The molecule has 3 heteroatoms. The minimum Gasteiger partial charge on any atom is -0.396 e. The quantitative estimate of drug-likeness (QED) is 0.502. The summed E-state index contributed by atoms with van der Waals surface area (Å²) in [7, 11) is 0. The van der Waals surface area contributed by atoms with E-state index < -0.39 is 0 Å². The summed E-state index contributed by atoms with van der Waals surface area (Å²) in [5, 5.41) is 12.3. The minimum atomic E-state index is 0.320. The molecule has 0 aliphatic rings. The number of unbranched alkanes of at least 4 members (excludes halogenated alkanes) is 2. The normalized spacial score (nSPS) is 12.6. The first kappa shape index (κ1) is 16.5. The number of benzene rings is 1. The van der Waals surface area contributed by atoms with Crippen LogP contribution in [0.5, 0.6) is 0 Å². The van der Waals surface area contributed by atoms with Crippen LogP contribution in [0.4, 0.5) is 0 Å². The molecular weight excluding hydrogens is 254 g/mol. The maximum atomic E-state index is 8.74. The third kappa shape index (κ3) is 7.00. The lowest BCUT2D eigenvalue weighted by Gasteiger charge is -2.14. The van der Waals surface area contributed by atoms with E-state index >= 15 is 0 Å². The molecule has 0 spiro atoms. The van der Waals surface area contributed by atoms with Gasteiger partial charge >= 0.3 is 0 Å². The highest BCUT2D eigenvalue weighted by atomic mass is 32.2. The summed E-state index contributed by atoms with van der Waals surface area (Å²) in [4.78, 5) is 1.35. The number of aliphatic hydroxyl groups excluding tert-OH is 1. The summed E-state index contributed by atoms with van der Waals surface area (Å²) in [6.45, 7) is 5.81. The standard InChI is InChI=1S/C16H27NOS/c1-3-10-17-14(2)15-8-7-9-16(13-15)19-12-6-4-5-11-18/h7-9,13-14,17-18H,3-6,10-12H2,1-2H3. The summed E-state index contributed by atoms with van der Waals surface area (Å²) in [5.41, 5.74) is 1.37. The van der Waals surface area contributed by atoms with Crippen molar-refractivity contribution in [2.24, 2.45) is 0 Å². The first-order chi connectivity index (χ1) is 9.27. The zero-order valence-corrected chi connectivity index (χ0v) is 13.0. The van der Waals surface area contributed by atoms with Gasteiger partial charge in [-0.1, -0.05) is 25.5 Å². The van der Waals surface area contributed by atoms with Gasteiger partial charge in [-0.05, 0) is 56.2 Å². The second-order valence-electron chi connectivity index (χ2n) is 4.88. The second kappa shape index (κ2) is 10.3. The van der Waals surface area contributed by atoms with Crippen LogP contribution >= 0.6 is 11.8 Å². The predicted molar refractivity (Wildman–Crippen MR) is 84.8 cm³/mol. The molecule has 1 atom stereocenters. The van der Waals surface area contributed by atoms with Gasteiger partial charge in [0.25, 0.3) is 0 Å². The molecule has 0 radical (unpaired) electrons. The zero-order chi connectivity index (χ0) is 13.9. The van der Waals surface area contributed by atoms with Crippen molar-refractivity contribution < 1.29 is 5.11 Å². The van der Waals surface area contributed by atoms with Gasteiger partial charge in [0.1, 0.15) is 0 Å². The first-order valence-corrected chi connectivity index (χ1v) is 8.33. The van der Waals surface area contributed by atoms with Crippen LogP contribution in [0.15, 0.2) is 29.2 Å². The van der Waals surface area contributed by atoms with Crippen LogP contribution in [0, 0.1) is 0 Å². The molecule has 108 valence electrons. The molecule has 1 unspecified atom stereocenters. The monoisotopic (exact) mass is 281 g/mol. The largest absolute Gasteiger partial charge is 0.396 e. The van der Waals surface area contributed by atoms with Crippen LogP contribution in [-0.4, -0.2) is 24.0 Å². The van der Waals surface area contributed by atoms with Crippen molar-refractivity contribution >= 4 is 11.8 Å². The molecule has 0 fully saturated rings. The average molecular weight is 281 g/mol. The fourth-order valence-corrected chi connectivity index (χ4v) is 2.91. The molecule has 0 amide bonds. The van der Waals surface area contributed by atoms with Gasteiger partial charge in [-0.3, -0.25) is 0 Å². The van der Waals surface area contributed by atoms with Gasteiger partial charge in [-0.25, -0.2) is 0 Å². The lowest BCUT2D eigenvalue weighted by molar-refractivity contribution is 0.284. The van der Waals surface area contributed by atoms with Gasteiger partial charge in [0.05, 0.1) is 0 Å². The smallest absolute Gasteiger partial charge is 0.0431 e. The Morgan fingerprint density at radius 2 is 2.11 bits per heavy atom. The predicted octanol–water partition coefficient (Wildman–Crippen LogP) is 4.00. The van der Waals surface area contributed by atoms with Crippen molar-refractivity contribution in [1.29, 1.82) is 0 Å². The van der Waals surface area contributed by atoms with Crippen LogP contribution in [0.2, 0.25) is 0 Å². The first-order valence-electron chi connectivity index (χ1n) is 7.35. The number of hydrogen-bond donors (Lipinski definition) is 2. The van der Waals surface area contributed by atoms with Crippen LogP contribution in [0.3, 0.4) is 0 Å². The minimum absolute atomic E-state index is 0.320. The highest BCUT2D eigenvalue weighted by Crippen LogP contribution is 2.23. The molecule has 0 aromatic heterocycles. The van der Waals surface area contributed by atoms with Crippen molar-refractivity contribution in [1.82, 2.24) is 5.32 Å². The molecule has 0 saturated heterocycles. The maximum absolute atomic E-state index is 8.74. The number of nitrogens with one attached hydrogen (secondary N) is 1. The Kier molecular flexibility index (Phi) is 8.97. The van der Waals surface area contributed by atoms with Gasteiger partial charge in [0.15, 0.2) is 0 Å². The number of rotatable bonds is 10. The SMILES string of the molecule is CCCNC(C)c1cccc(SCCCCCO)c1. The Bertz CT molecular complexity index is 343. The van der Waals surface area contributed by atoms with Crippen molar-refractivity contribution in [3.63, 3.8) is 0 Å². The average Bonchev–Trinajstić information content (AvgIpc) is 2.45. The topological polar surface area (TPSA) is 32.3 Å². The van der Waals surface area contributed by atoms with E-state index in [1.165, 1.54) is 23.3 Å². The molecule has 0 bridgehead atoms. The highest BCUT2D eigenvalue weighted by molar-refractivity contribution is 7.99.